The Balaban J connectivity index is 1.98. The maximum Gasteiger partial charge on any atom is 0.258 e. The fraction of sp³-hybridized carbons (Fsp3) is 0.381. The van der Waals surface area contributed by atoms with Crippen LogP contribution in [0.4, 0.5) is 0 Å². The summed E-state index contributed by atoms with van der Waals surface area (Å²) >= 11 is 0. The second kappa shape index (κ2) is 9.70. The molecule has 0 heterocycles. The van der Waals surface area contributed by atoms with Crippen molar-refractivity contribution in [2.24, 2.45) is 5.92 Å². The van der Waals surface area contributed by atoms with Gasteiger partial charge in [-0.05, 0) is 42.2 Å². The second-order valence-electron chi connectivity index (χ2n) is 6.49. The third kappa shape index (κ3) is 5.99. The standard InChI is InChI=1S/C21H27NO4/c1-15(2)12-20(16-8-10-17(24-3)11-9-16)22-21(23)14-26-19-7-5-6-18(13-19)25-4/h5-11,13,15,20H,12,14H2,1-4H3,(H,22,23)/t20-/m0/s1. The number of hydrogen-bond donors (Lipinski definition) is 1. The van der Waals surface area contributed by atoms with E-state index in [1.54, 1.807) is 26.4 Å². The quantitative estimate of drug-likeness (QED) is 0.737. The van der Waals surface area contributed by atoms with Crippen molar-refractivity contribution in [3.05, 3.63) is 54.1 Å². The van der Waals surface area contributed by atoms with Crippen LogP contribution < -0.4 is 19.5 Å². The van der Waals surface area contributed by atoms with Gasteiger partial charge in [0.05, 0.1) is 20.3 Å². The average Bonchev–Trinajstić information content (AvgIpc) is 2.65. The van der Waals surface area contributed by atoms with Gasteiger partial charge in [0.15, 0.2) is 6.61 Å². The zero-order valence-electron chi connectivity index (χ0n) is 15.8. The van der Waals surface area contributed by atoms with E-state index in [0.29, 0.717) is 17.4 Å². The van der Waals surface area contributed by atoms with Gasteiger partial charge in [-0.25, -0.2) is 0 Å². The Morgan fingerprint density at radius 1 is 0.962 bits per heavy atom. The van der Waals surface area contributed by atoms with Crippen LogP contribution in [0.5, 0.6) is 17.2 Å². The predicted octanol–water partition coefficient (Wildman–Crippen LogP) is 3.99. The molecule has 0 unspecified atom stereocenters. The third-order valence-corrected chi connectivity index (χ3v) is 3.97. The van der Waals surface area contributed by atoms with E-state index in [0.717, 1.165) is 17.7 Å². The van der Waals surface area contributed by atoms with Crippen molar-refractivity contribution in [2.75, 3.05) is 20.8 Å². The molecule has 0 spiro atoms. The summed E-state index contributed by atoms with van der Waals surface area (Å²) in [5.41, 5.74) is 1.05. The first kappa shape index (κ1) is 19.6. The highest BCUT2D eigenvalue weighted by Gasteiger charge is 2.17. The molecule has 0 radical (unpaired) electrons. The topological polar surface area (TPSA) is 56.8 Å². The highest BCUT2D eigenvalue weighted by Crippen LogP contribution is 2.24. The Morgan fingerprint density at radius 2 is 1.62 bits per heavy atom. The molecule has 26 heavy (non-hydrogen) atoms. The summed E-state index contributed by atoms with van der Waals surface area (Å²) < 4.78 is 15.9. The summed E-state index contributed by atoms with van der Waals surface area (Å²) in [6.45, 7) is 4.22. The molecule has 0 aliphatic rings. The lowest BCUT2D eigenvalue weighted by atomic mass is 9.97. The van der Waals surface area contributed by atoms with Crippen molar-refractivity contribution in [1.29, 1.82) is 0 Å². The van der Waals surface area contributed by atoms with Crippen molar-refractivity contribution in [3.63, 3.8) is 0 Å². The molecule has 140 valence electrons. The number of carbonyl (C=O) groups excluding carboxylic acids is 1. The van der Waals surface area contributed by atoms with E-state index in [-0.39, 0.29) is 18.6 Å². The third-order valence-electron chi connectivity index (χ3n) is 3.97. The number of rotatable bonds is 9. The summed E-state index contributed by atoms with van der Waals surface area (Å²) in [6.07, 6.45) is 0.844. The highest BCUT2D eigenvalue weighted by molar-refractivity contribution is 5.78. The van der Waals surface area contributed by atoms with Crippen LogP contribution in [-0.4, -0.2) is 26.7 Å². The number of ether oxygens (including phenoxy) is 3. The first-order chi connectivity index (χ1) is 12.5. The van der Waals surface area contributed by atoms with Crippen molar-refractivity contribution in [3.8, 4) is 17.2 Å². The van der Waals surface area contributed by atoms with E-state index >= 15 is 0 Å². The first-order valence-electron chi connectivity index (χ1n) is 8.72. The molecule has 0 aromatic heterocycles. The summed E-state index contributed by atoms with van der Waals surface area (Å²) in [6, 6.07) is 14.9. The molecule has 1 atom stereocenters. The minimum atomic E-state index is -0.158. The molecule has 5 heteroatoms. The monoisotopic (exact) mass is 357 g/mol. The van der Waals surface area contributed by atoms with Gasteiger partial charge in [0.2, 0.25) is 0 Å². The zero-order valence-corrected chi connectivity index (χ0v) is 15.8. The fourth-order valence-electron chi connectivity index (χ4n) is 2.66. The van der Waals surface area contributed by atoms with Crippen LogP contribution in [0.25, 0.3) is 0 Å². The van der Waals surface area contributed by atoms with Crippen LogP contribution in [0, 0.1) is 5.92 Å². The molecule has 5 nitrogen and oxygen atoms in total. The number of methoxy groups -OCH3 is 2. The van der Waals surface area contributed by atoms with Crippen molar-refractivity contribution >= 4 is 5.91 Å². The van der Waals surface area contributed by atoms with Gasteiger partial charge in [0, 0.05) is 6.07 Å². The number of carbonyl (C=O) groups is 1. The Hall–Kier alpha value is -2.69. The van der Waals surface area contributed by atoms with E-state index in [4.69, 9.17) is 14.2 Å². The van der Waals surface area contributed by atoms with Crippen LogP contribution in [0.15, 0.2) is 48.5 Å². The molecule has 0 fully saturated rings. The minimum absolute atomic E-state index is 0.0437. The first-order valence-corrected chi connectivity index (χ1v) is 8.72. The lowest BCUT2D eigenvalue weighted by Crippen LogP contribution is -2.33. The molecule has 2 rings (SSSR count). The second-order valence-corrected chi connectivity index (χ2v) is 6.49. The SMILES string of the molecule is COc1ccc([C@H](CC(C)C)NC(=O)COc2cccc(OC)c2)cc1. The fourth-order valence-corrected chi connectivity index (χ4v) is 2.66. The van der Waals surface area contributed by atoms with Crippen molar-refractivity contribution in [1.82, 2.24) is 5.32 Å². The van der Waals surface area contributed by atoms with Gasteiger partial charge in [-0.3, -0.25) is 4.79 Å². The molecular formula is C21H27NO4. The molecule has 1 amide bonds. The van der Waals surface area contributed by atoms with Crippen molar-refractivity contribution < 1.29 is 19.0 Å². The molecule has 0 aliphatic heterocycles. The van der Waals surface area contributed by atoms with Crippen LogP contribution in [0.3, 0.4) is 0 Å². The number of benzene rings is 2. The number of hydrogen-bond acceptors (Lipinski definition) is 4. The van der Waals surface area contributed by atoms with E-state index in [1.807, 2.05) is 36.4 Å². The van der Waals surface area contributed by atoms with Gasteiger partial charge in [-0.2, -0.15) is 0 Å². The smallest absolute Gasteiger partial charge is 0.258 e. The Kier molecular flexibility index (Phi) is 7.33. The Bertz CT molecular complexity index is 697. The summed E-state index contributed by atoms with van der Waals surface area (Å²) in [5, 5.41) is 3.06. The average molecular weight is 357 g/mol. The zero-order chi connectivity index (χ0) is 18.9. The summed E-state index contributed by atoms with van der Waals surface area (Å²) in [5.74, 6) is 2.38. The Morgan fingerprint density at radius 3 is 2.23 bits per heavy atom. The minimum Gasteiger partial charge on any atom is -0.497 e. The normalized spacial score (nSPS) is 11.7. The number of nitrogens with one attached hydrogen (secondary N) is 1. The number of amides is 1. The maximum atomic E-state index is 12.4. The summed E-state index contributed by atoms with van der Waals surface area (Å²) in [7, 11) is 3.23. The van der Waals surface area contributed by atoms with Gasteiger partial charge in [-0.15, -0.1) is 0 Å². The van der Waals surface area contributed by atoms with Crippen LogP contribution in [-0.2, 0) is 4.79 Å². The van der Waals surface area contributed by atoms with Crippen LogP contribution in [0.1, 0.15) is 31.9 Å². The van der Waals surface area contributed by atoms with E-state index in [9.17, 15) is 4.79 Å². The molecule has 0 saturated carbocycles. The lowest BCUT2D eigenvalue weighted by Gasteiger charge is -2.21. The molecule has 0 aliphatic carbocycles. The highest BCUT2D eigenvalue weighted by atomic mass is 16.5. The molecule has 0 bridgehead atoms. The van der Waals surface area contributed by atoms with Gasteiger partial charge < -0.3 is 19.5 Å². The largest absolute Gasteiger partial charge is 0.497 e. The van der Waals surface area contributed by atoms with Crippen LogP contribution in [0.2, 0.25) is 0 Å². The van der Waals surface area contributed by atoms with E-state index < -0.39 is 0 Å². The molecule has 1 N–H and O–H groups in total. The molecule has 2 aromatic carbocycles. The van der Waals surface area contributed by atoms with E-state index in [2.05, 4.69) is 19.2 Å². The molecule has 2 aromatic rings. The molecular weight excluding hydrogens is 330 g/mol. The maximum absolute atomic E-state index is 12.4. The lowest BCUT2D eigenvalue weighted by molar-refractivity contribution is -0.124. The van der Waals surface area contributed by atoms with Gasteiger partial charge in [0.1, 0.15) is 17.2 Å². The molecule has 0 saturated heterocycles. The van der Waals surface area contributed by atoms with Gasteiger partial charge in [0.25, 0.3) is 5.91 Å². The predicted molar refractivity (Wildman–Crippen MR) is 102 cm³/mol. The van der Waals surface area contributed by atoms with E-state index in [1.165, 1.54) is 0 Å². The van der Waals surface area contributed by atoms with Crippen LogP contribution >= 0.6 is 0 Å². The van der Waals surface area contributed by atoms with Gasteiger partial charge in [-0.1, -0.05) is 32.0 Å². The van der Waals surface area contributed by atoms with Crippen molar-refractivity contribution in [2.45, 2.75) is 26.3 Å². The summed E-state index contributed by atoms with van der Waals surface area (Å²) in [4.78, 5) is 12.4. The Labute approximate surface area is 155 Å². The van der Waals surface area contributed by atoms with Gasteiger partial charge >= 0.3 is 0 Å².